The van der Waals surface area contributed by atoms with E-state index >= 15 is 0 Å². The van der Waals surface area contributed by atoms with E-state index in [1.807, 2.05) is 0 Å². The number of benzene rings is 1. The van der Waals surface area contributed by atoms with E-state index in [1.54, 1.807) is 6.92 Å². The van der Waals surface area contributed by atoms with Crippen molar-refractivity contribution >= 4 is 5.91 Å². The minimum absolute atomic E-state index is 0.148. The zero-order chi connectivity index (χ0) is 12.1. The fraction of sp³-hybridized carbons (Fsp3) is 0.364. The molecule has 88 valence electrons. The third kappa shape index (κ3) is 2.70. The minimum atomic E-state index is -0.651. The summed E-state index contributed by atoms with van der Waals surface area (Å²) in [6.45, 7) is 1.41. The first-order valence-electron chi connectivity index (χ1n) is 4.84. The quantitative estimate of drug-likeness (QED) is 0.805. The van der Waals surface area contributed by atoms with Gasteiger partial charge in [0.2, 0.25) is 0 Å². The summed E-state index contributed by atoms with van der Waals surface area (Å²) in [6.07, 6.45) is 0. The van der Waals surface area contributed by atoms with Crippen LogP contribution in [0, 0.1) is 5.82 Å². The summed E-state index contributed by atoms with van der Waals surface area (Å²) in [5, 5.41) is 11.2. The normalized spacial score (nSPS) is 12.0. The number of amides is 1. The van der Waals surface area contributed by atoms with Crippen LogP contribution in [0.15, 0.2) is 18.2 Å². The van der Waals surface area contributed by atoms with Gasteiger partial charge in [-0.3, -0.25) is 4.79 Å². The molecule has 0 spiro atoms. The SMILES string of the molecule is COc1cccc(F)c1C(=O)N[C@@H](C)CO. The van der Waals surface area contributed by atoms with Gasteiger partial charge in [-0.1, -0.05) is 6.07 Å². The zero-order valence-corrected chi connectivity index (χ0v) is 9.16. The van der Waals surface area contributed by atoms with Gasteiger partial charge in [-0.15, -0.1) is 0 Å². The molecule has 2 N–H and O–H groups in total. The van der Waals surface area contributed by atoms with Gasteiger partial charge in [-0.05, 0) is 19.1 Å². The van der Waals surface area contributed by atoms with Gasteiger partial charge in [0.25, 0.3) is 5.91 Å². The Hall–Kier alpha value is -1.62. The van der Waals surface area contributed by atoms with Crippen LogP contribution < -0.4 is 10.1 Å². The van der Waals surface area contributed by atoms with Crippen molar-refractivity contribution in [2.75, 3.05) is 13.7 Å². The molecular formula is C11H14FNO3. The molecule has 0 bridgehead atoms. The number of methoxy groups -OCH3 is 1. The fourth-order valence-electron chi connectivity index (χ4n) is 1.24. The molecule has 0 radical (unpaired) electrons. The number of ether oxygens (including phenoxy) is 1. The lowest BCUT2D eigenvalue weighted by Gasteiger charge is -2.13. The first kappa shape index (κ1) is 12.4. The minimum Gasteiger partial charge on any atom is -0.496 e. The fourth-order valence-corrected chi connectivity index (χ4v) is 1.24. The first-order chi connectivity index (χ1) is 7.60. The van der Waals surface area contributed by atoms with Crippen LogP contribution in [0.2, 0.25) is 0 Å². The molecule has 0 unspecified atom stereocenters. The predicted molar refractivity (Wildman–Crippen MR) is 57.0 cm³/mol. The van der Waals surface area contributed by atoms with Crippen molar-refractivity contribution in [3.8, 4) is 5.75 Å². The highest BCUT2D eigenvalue weighted by atomic mass is 19.1. The van der Waals surface area contributed by atoms with Gasteiger partial charge in [-0.25, -0.2) is 4.39 Å². The second-order valence-corrected chi connectivity index (χ2v) is 3.37. The number of hydrogen-bond donors (Lipinski definition) is 2. The Morgan fingerprint density at radius 2 is 2.31 bits per heavy atom. The van der Waals surface area contributed by atoms with Crippen LogP contribution in [0.25, 0.3) is 0 Å². The molecule has 0 fully saturated rings. The Kier molecular flexibility index (Phi) is 4.25. The number of hydrogen-bond acceptors (Lipinski definition) is 3. The molecule has 16 heavy (non-hydrogen) atoms. The van der Waals surface area contributed by atoms with Crippen LogP contribution in [0.3, 0.4) is 0 Å². The molecule has 1 aromatic rings. The number of aliphatic hydroxyl groups is 1. The van der Waals surface area contributed by atoms with Gasteiger partial charge in [0.1, 0.15) is 17.1 Å². The second kappa shape index (κ2) is 5.46. The van der Waals surface area contributed by atoms with E-state index < -0.39 is 17.8 Å². The highest BCUT2D eigenvalue weighted by Gasteiger charge is 2.18. The second-order valence-electron chi connectivity index (χ2n) is 3.37. The zero-order valence-electron chi connectivity index (χ0n) is 9.16. The molecule has 4 nitrogen and oxygen atoms in total. The van der Waals surface area contributed by atoms with E-state index in [2.05, 4.69) is 5.32 Å². The highest BCUT2D eigenvalue weighted by molar-refractivity contribution is 5.97. The Labute approximate surface area is 93.0 Å². The van der Waals surface area contributed by atoms with Crippen molar-refractivity contribution in [1.82, 2.24) is 5.32 Å². The standard InChI is InChI=1S/C11H14FNO3/c1-7(6-14)13-11(15)10-8(12)4-3-5-9(10)16-2/h3-5,7,14H,6H2,1-2H3,(H,13,15)/t7-/m0/s1. The molecule has 0 aromatic heterocycles. The lowest BCUT2D eigenvalue weighted by atomic mass is 10.1. The van der Waals surface area contributed by atoms with E-state index in [9.17, 15) is 9.18 Å². The molecule has 1 atom stereocenters. The number of nitrogens with one attached hydrogen (secondary N) is 1. The Bertz CT molecular complexity index is 381. The largest absolute Gasteiger partial charge is 0.496 e. The Morgan fingerprint density at radius 1 is 1.62 bits per heavy atom. The van der Waals surface area contributed by atoms with Crippen molar-refractivity contribution < 1.29 is 19.0 Å². The monoisotopic (exact) mass is 227 g/mol. The molecule has 0 aliphatic rings. The smallest absolute Gasteiger partial charge is 0.258 e. The molecule has 1 amide bonds. The van der Waals surface area contributed by atoms with Crippen molar-refractivity contribution in [3.05, 3.63) is 29.6 Å². The molecule has 1 rings (SSSR count). The lowest BCUT2D eigenvalue weighted by Crippen LogP contribution is -2.35. The summed E-state index contributed by atoms with van der Waals surface area (Å²) in [5.41, 5.74) is -0.148. The van der Waals surface area contributed by atoms with Crippen LogP contribution in [-0.4, -0.2) is 30.8 Å². The average molecular weight is 227 g/mol. The van der Waals surface area contributed by atoms with E-state index in [4.69, 9.17) is 9.84 Å². The molecular weight excluding hydrogens is 213 g/mol. The summed E-state index contributed by atoms with van der Waals surface area (Å²) < 4.78 is 18.3. The van der Waals surface area contributed by atoms with Gasteiger partial charge in [0, 0.05) is 6.04 Å². The van der Waals surface area contributed by atoms with Crippen LogP contribution in [0.4, 0.5) is 4.39 Å². The lowest BCUT2D eigenvalue weighted by molar-refractivity contribution is 0.0915. The summed E-state index contributed by atoms with van der Waals surface area (Å²) in [4.78, 5) is 11.7. The molecule has 5 heteroatoms. The molecule has 0 heterocycles. The first-order valence-corrected chi connectivity index (χ1v) is 4.84. The Balaban J connectivity index is 2.98. The summed E-state index contributed by atoms with van der Waals surface area (Å²) in [5.74, 6) is -1.08. The van der Waals surface area contributed by atoms with Crippen LogP contribution in [-0.2, 0) is 0 Å². The van der Waals surface area contributed by atoms with Gasteiger partial charge < -0.3 is 15.2 Å². The summed E-state index contributed by atoms with van der Waals surface area (Å²) in [6, 6.07) is 3.71. The number of carbonyl (C=O) groups is 1. The number of aliphatic hydroxyl groups excluding tert-OH is 1. The topological polar surface area (TPSA) is 58.6 Å². The maximum atomic E-state index is 13.4. The highest BCUT2D eigenvalue weighted by Crippen LogP contribution is 2.20. The van der Waals surface area contributed by atoms with Gasteiger partial charge in [-0.2, -0.15) is 0 Å². The number of rotatable bonds is 4. The van der Waals surface area contributed by atoms with Gasteiger partial charge in [0.05, 0.1) is 13.7 Å². The predicted octanol–water partition coefficient (Wildman–Crippen LogP) is 0.945. The van der Waals surface area contributed by atoms with E-state index in [0.29, 0.717) is 0 Å². The number of halogens is 1. The maximum Gasteiger partial charge on any atom is 0.258 e. The van der Waals surface area contributed by atoms with E-state index in [1.165, 1.54) is 25.3 Å². The van der Waals surface area contributed by atoms with E-state index in [-0.39, 0.29) is 17.9 Å². The van der Waals surface area contributed by atoms with Crippen LogP contribution >= 0.6 is 0 Å². The summed E-state index contributed by atoms with van der Waals surface area (Å²) in [7, 11) is 1.36. The maximum absolute atomic E-state index is 13.4. The van der Waals surface area contributed by atoms with E-state index in [0.717, 1.165) is 0 Å². The molecule has 0 saturated heterocycles. The molecule has 1 aromatic carbocycles. The van der Waals surface area contributed by atoms with Crippen LogP contribution in [0.5, 0.6) is 5.75 Å². The van der Waals surface area contributed by atoms with Crippen LogP contribution in [0.1, 0.15) is 17.3 Å². The third-order valence-electron chi connectivity index (χ3n) is 2.07. The number of carbonyl (C=O) groups excluding carboxylic acids is 1. The molecule has 0 aliphatic heterocycles. The average Bonchev–Trinajstić information content (AvgIpc) is 2.28. The van der Waals surface area contributed by atoms with Crippen molar-refractivity contribution in [2.24, 2.45) is 0 Å². The van der Waals surface area contributed by atoms with Crippen molar-refractivity contribution in [1.29, 1.82) is 0 Å². The summed E-state index contributed by atoms with van der Waals surface area (Å²) >= 11 is 0. The Morgan fingerprint density at radius 3 is 2.88 bits per heavy atom. The molecule has 0 saturated carbocycles. The molecule has 0 aliphatic carbocycles. The van der Waals surface area contributed by atoms with Gasteiger partial charge in [0.15, 0.2) is 0 Å². The third-order valence-corrected chi connectivity index (χ3v) is 2.07. The van der Waals surface area contributed by atoms with Gasteiger partial charge >= 0.3 is 0 Å². The van der Waals surface area contributed by atoms with Crippen molar-refractivity contribution in [3.63, 3.8) is 0 Å². The van der Waals surface area contributed by atoms with Crippen molar-refractivity contribution in [2.45, 2.75) is 13.0 Å².